The molecule has 0 atom stereocenters. The molecule has 0 aromatic rings. The molecule has 0 aromatic carbocycles. The summed E-state index contributed by atoms with van der Waals surface area (Å²) in [4.78, 5) is 0. The van der Waals surface area contributed by atoms with Gasteiger partial charge in [0, 0.05) is 0 Å². The lowest BCUT2D eigenvalue weighted by Crippen LogP contribution is -2.02. The summed E-state index contributed by atoms with van der Waals surface area (Å²) in [5, 5.41) is -0.624. The van der Waals surface area contributed by atoms with Gasteiger partial charge in [-0.15, -0.1) is 0 Å². The standard InChI is InChI=1S/C3H8Cl2OSSi/c4-3(5)6-8-2-1-7/h3,7H,1-2,8H2. The van der Waals surface area contributed by atoms with Crippen LogP contribution in [0.3, 0.4) is 0 Å². The Bertz CT molecular complexity index is 54.5. The van der Waals surface area contributed by atoms with E-state index in [1.165, 1.54) is 0 Å². The topological polar surface area (TPSA) is 9.23 Å². The van der Waals surface area contributed by atoms with E-state index in [0.717, 1.165) is 11.8 Å². The summed E-state index contributed by atoms with van der Waals surface area (Å²) in [7, 11) is -0.476. The van der Waals surface area contributed by atoms with E-state index in [2.05, 4.69) is 12.6 Å². The van der Waals surface area contributed by atoms with Crippen LogP contribution in [0, 0.1) is 0 Å². The minimum absolute atomic E-state index is 0.476. The van der Waals surface area contributed by atoms with Crippen LogP contribution in [0.1, 0.15) is 0 Å². The fourth-order valence-corrected chi connectivity index (χ4v) is 1.63. The Balaban J connectivity index is 2.72. The molecule has 0 spiro atoms. The number of hydrogen-bond donors (Lipinski definition) is 1. The normalized spacial score (nSPS) is 12.0. The molecule has 0 saturated heterocycles. The molecule has 0 aliphatic rings. The van der Waals surface area contributed by atoms with Gasteiger partial charge in [-0.05, 0) is 11.8 Å². The van der Waals surface area contributed by atoms with Crippen LogP contribution in [0.4, 0.5) is 0 Å². The van der Waals surface area contributed by atoms with Crippen molar-refractivity contribution in [1.82, 2.24) is 0 Å². The molecule has 1 nitrogen and oxygen atoms in total. The summed E-state index contributed by atoms with van der Waals surface area (Å²) >= 11 is 14.5. The fraction of sp³-hybridized carbons (Fsp3) is 1.00. The monoisotopic (exact) mass is 190 g/mol. The summed E-state index contributed by atoms with van der Waals surface area (Å²) in [6.45, 7) is 0. The third-order valence-corrected chi connectivity index (χ3v) is 3.34. The van der Waals surface area contributed by atoms with Crippen LogP contribution >= 0.6 is 35.8 Å². The third-order valence-electron chi connectivity index (χ3n) is 0.546. The molecule has 0 bridgehead atoms. The molecule has 0 aliphatic heterocycles. The first-order valence-electron chi connectivity index (χ1n) is 2.28. The van der Waals surface area contributed by atoms with E-state index < -0.39 is 14.8 Å². The smallest absolute Gasteiger partial charge is 0.197 e. The van der Waals surface area contributed by atoms with Gasteiger partial charge >= 0.3 is 0 Å². The molecule has 0 amide bonds. The van der Waals surface area contributed by atoms with Gasteiger partial charge in [-0.3, -0.25) is 0 Å². The van der Waals surface area contributed by atoms with Crippen molar-refractivity contribution < 1.29 is 4.43 Å². The molecule has 0 fully saturated rings. The van der Waals surface area contributed by atoms with E-state index in [0.29, 0.717) is 0 Å². The molecule has 0 aromatic heterocycles. The van der Waals surface area contributed by atoms with Gasteiger partial charge in [0.25, 0.3) is 0 Å². The van der Waals surface area contributed by atoms with E-state index >= 15 is 0 Å². The van der Waals surface area contributed by atoms with E-state index in [1.54, 1.807) is 0 Å². The van der Waals surface area contributed by atoms with Gasteiger partial charge < -0.3 is 4.43 Å². The number of alkyl halides is 2. The van der Waals surface area contributed by atoms with E-state index in [-0.39, 0.29) is 0 Å². The number of thiol groups is 1. The lowest BCUT2D eigenvalue weighted by atomic mass is 11.0. The van der Waals surface area contributed by atoms with Crippen LogP contribution in [0.25, 0.3) is 0 Å². The second kappa shape index (κ2) is 6.23. The van der Waals surface area contributed by atoms with Gasteiger partial charge in [0.05, 0.1) is 0 Å². The Hall–Kier alpha value is 1.11. The molecule has 5 heteroatoms. The van der Waals surface area contributed by atoms with Crippen molar-refractivity contribution in [2.45, 2.75) is 11.1 Å². The van der Waals surface area contributed by atoms with Gasteiger partial charge in [-0.25, -0.2) is 0 Å². The summed E-state index contributed by atoms with van der Waals surface area (Å²) < 4.78 is 4.90. The van der Waals surface area contributed by atoms with Gasteiger partial charge in [0.2, 0.25) is 0 Å². The summed E-state index contributed by atoms with van der Waals surface area (Å²) in [6.07, 6.45) is 0. The van der Waals surface area contributed by atoms with Gasteiger partial charge in [0.1, 0.15) is 0 Å². The fourth-order valence-electron chi connectivity index (χ4n) is 0.237. The zero-order valence-electron chi connectivity index (χ0n) is 4.31. The van der Waals surface area contributed by atoms with Gasteiger partial charge in [0.15, 0.2) is 14.8 Å². The molecule has 8 heavy (non-hydrogen) atoms. The minimum Gasteiger partial charge on any atom is -0.397 e. The second-order valence-electron chi connectivity index (χ2n) is 1.21. The summed E-state index contributed by atoms with van der Waals surface area (Å²) in [5.74, 6) is 0.868. The maximum absolute atomic E-state index is 5.27. The summed E-state index contributed by atoms with van der Waals surface area (Å²) in [6, 6.07) is 1.03. The lowest BCUT2D eigenvalue weighted by Gasteiger charge is -1.99. The van der Waals surface area contributed by atoms with Crippen molar-refractivity contribution >= 4 is 45.6 Å². The second-order valence-corrected chi connectivity index (χ2v) is 4.12. The maximum Gasteiger partial charge on any atom is 0.197 e. The Kier molecular flexibility index (Phi) is 7.09. The average molecular weight is 191 g/mol. The van der Waals surface area contributed by atoms with Crippen molar-refractivity contribution in [2.75, 3.05) is 5.75 Å². The van der Waals surface area contributed by atoms with Crippen molar-refractivity contribution in [2.24, 2.45) is 0 Å². The van der Waals surface area contributed by atoms with Crippen molar-refractivity contribution in [3.63, 3.8) is 0 Å². The Morgan fingerprint density at radius 2 is 2.25 bits per heavy atom. The highest BCUT2D eigenvalue weighted by molar-refractivity contribution is 7.80. The molecule has 0 unspecified atom stereocenters. The minimum atomic E-state index is -0.624. The zero-order chi connectivity index (χ0) is 6.41. The zero-order valence-corrected chi connectivity index (χ0v) is 8.13. The molecule has 0 heterocycles. The van der Waals surface area contributed by atoms with Crippen LogP contribution < -0.4 is 0 Å². The molecule has 0 N–H and O–H groups in total. The number of halogens is 2. The molecule has 0 aliphatic carbocycles. The van der Waals surface area contributed by atoms with Gasteiger partial charge in [-0.2, -0.15) is 12.6 Å². The molecule has 0 radical (unpaired) electrons. The van der Waals surface area contributed by atoms with Crippen LogP contribution in [0.5, 0.6) is 0 Å². The highest BCUT2D eigenvalue weighted by atomic mass is 35.5. The molecule has 0 rings (SSSR count). The first-order chi connectivity index (χ1) is 3.77. The highest BCUT2D eigenvalue weighted by Crippen LogP contribution is 2.02. The SMILES string of the molecule is SCC[SiH2]OC(Cl)Cl. The Morgan fingerprint density at radius 3 is 2.62 bits per heavy atom. The van der Waals surface area contributed by atoms with Crippen LogP contribution in [-0.4, -0.2) is 20.5 Å². The largest absolute Gasteiger partial charge is 0.397 e. The predicted octanol–water partition coefficient (Wildman–Crippen LogP) is 1.20. The maximum atomic E-state index is 5.27. The highest BCUT2D eigenvalue weighted by Gasteiger charge is 1.94. The van der Waals surface area contributed by atoms with Crippen LogP contribution in [0.2, 0.25) is 6.04 Å². The lowest BCUT2D eigenvalue weighted by molar-refractivity contribution is 0.376. The molecular formula is C3H8Cl2OSSi. The van der Waals surface area contributed by atoms with Crippen molar-refractivity contribution in [3.8, 4) is 0 Å². The molecule has 50 valence electrons. The summed E-state index contributed by atoms with van der Waals surface area (Å²) in [5.41, 5.74) is 0. The number of rotatable bonds is 4. The van der Waals surface area contributed by atoms with Gasteiger partial charge in [-0.1, -0.05) is 23.2 Å². The van der Waals surface area contributed by atoms with E-state index in [1.807, 2.05) is 0 Å². The molecule has 0 saturated carbocycles. The quantitative estimate of drug-likeness (QED) is 0.304. The third kappa shape index (κ3) is 7.11. The van der Waals surface area contributed by atoms with Crippen molar-refractivity contribution in [3.05, 3.63) is 0 Å². The van der Waals surface area contributed by atoms with Crippen LogP contribution in [0.15, 0.2) is 0 Å². The Labute approximate surface area is 67.0 Å². The van der Waals surface area contributed by atoms with Crippen LogP contribution in [-0.2, 0) is 4.43 Å². The van der Waals surface area contributed by atoms with E-state index in [4.69, 9.17) is 27.6 Å². The number of hydrogen-bond acceptors (Lipinski definition) is 2. The first kappa shape index (κ1) is 9.11. The van der Waals surface area contributed by atoms with E-state index in [9.17, 15) is 0 Å². The van der Waals surface area contributed by atoms with Crippen molar-refractivity contribution in [1.29, 1.82) is 0 Å². The average Bonchev–Trinajstić information content (AvgIpc) is 1.66. The molecular weight excluding hydrogens is 183 g/mol. The Morgan fingerprint density at radius 1 is 1.62 bits per heavy atom. The first-order valence-corrected chi connectivity index (χ1v) is 5.36. The predicted molar refractivity (Wildman–Crippen MR) is 43.8 cm³/mol.